The number of fused-ring (bicyclic) bond motifs is 1. The fraction of sp³-hybridized carbons (Fsp3) is 0.211. The minimum atomic E-state index is -0.169. The first-order chi connectivity index (χ1) is 11.7. The Morgan fingerprint density at radius 2 is 1.83 bits per heavy atom. The van der Waals surface area contributed by atoms with Crippen molar-refractivity contribution in [2.45, 2.75) is 6.92 Å². The zero-order valence-corrected chi connectivity index (χ0v) is 13.8. The Balaban J connectivity index is 1.96. The van der Waals surface area contributed by atoms with Crippen LogP contribution in [-0.4, -0.2) is 26.6 Å². The number of ketones is 1. The van der Waals surface area contributed by atoms with Gasteiger partial charge in [0.25, 0.3) is 0 Å². The summed E-state index contributed by atoms with van der Waals surface area (Å²) in [7, 11) is 3.16. The molecule has 24 heavy (non-hydrogen) atoms. The van der Waals surface area contributed by atoms with Crippen molar-refractivity contribution in [3.8, 4) is 23.0 Å². The number of hydrogen-bond acceptors (Lipinski definition) is 5. The first-order valence-electron chi connectivity index (χ1n) is 7.59. The lowest BCUT2D eigenvalue weighted by molar-refractivity contribution is 0.101. The topological polar surface area (TPSA) is 54.0 Å². The molecule has 5 nitrogen and oxygen atoms in total. The summed E-state index contributed by atoms with van der Waals surface area (Å²) >= 11 is 0. The summed E-state index contributed by atoms with van der Waals surface area (Å²) in [6.45, 7) is 2.45. The highest BCUT2D eigenvalue weighted by molar-refractivity contribution is 6.14. The summed E-state index contributed by atoms with van der Waals surface area (Å²) in [4.78, 5) is 12.5. The van der Waals surface area contributed by atoms with Gasteiger partial charge in [0.15, 0.2) is 5.76 Å². The van der Waals surface area contributed by atoms with Gasteiger partial charge in [-0.05, 0) is 43.3 Å². The van der Waals surface area contributed by atoms with Crippen LogP contribution in [0.5, 0.6) is 23.0 Å². The van der Waals surface area contributed by atoms with Gasteiger partial charge >= 0.3 is 0 Å². The molecule has 5 heteroatoms. The lowest BCUT2D eigenvalue weighted by Crippen LogP contribution is -1.99. The van der Waals surface area contributed by atoms with E-state index in [9.17, 15) is 4.79 Å². The van der Waals surface area contributed by atoms with E-state index in [1.807, 2.05) is 6.92 Å². The van der Waals surface area contributed by atoms with Crippen molar-refractivity contribution in [1.82, 2.24) is 0 Å². The molecule has 0 amide bonds. The highest BCUT2D eigenvalue weighted by Crippen LogP contribution is 2.36. The molecule has 0 saturated heterocycles. The van der Waals surface area contributed by atoms with Gasteiger partial charge in [-0.1, -0.05) is 0 Å². The van der Waals surface area contributed by atoms with Crippen molar-refractivity contribution >= 4 is 11.9 Å². The molecule has 0 saturated carbocycles. The molecule has 2 aromatic rings. The number of carbonyl (C=O) groups is 1. The summed E-state index contributed by atoms with van der Waals surface area (Å²) < 4.78 is 21.7. The summed E-state index contributed by atoms with van der Waals surface area (Å²) in [6.07, 6.45) is 1.66. The van der Waals surface area contributed by atoms with Gasteiger partial charge in [0.2, 0.25) is 5.78 Å². The predicted molar refractivity (Wildman–Crippen MR) is 90.1 cm³/mol. The Hall–Kier alpha value is -2.95. The van der Waals surface area contributed by atoms with E-state index in [0.29, 0.717) is 40.7 Å². The predicted octanol–water partition coefficient (Wildman–Crippen LogP) is 3.72. The minimum Gasteiger partial charge on any atom is -0.497 e. The molecule has 0 radical (unpaired) electrons. The number of ether oxygens (including phenoxy) is 4. The second-order valence-corrected chi connectivity index (χ2v) is 5.14. The third kappa shape index (κ3) is 2.93. The van der Waals surface area contributed by atoms with E-state index in [4.69, 9.17) is 18.9 Å². The number of methoxy groups -OCH3 is 2. The summed E-state index contributed by atoms with van der Waals surface area (Å²) in [5.41, 5.74) is 1.23. The van der Waals surface area contributed by atoms with Crippen molar-refractivity contribution in [2.24, 2.45) is 0 Å². The van der Waals surface area contributed by atoms with Gasteiger partial charge in [0.05, 0.1) is 26.4 Å². The number of allylic oxidation sites excluding steroid dienone is 1. The van der Waals surface area contributed by atoms with Gasteiger partial charge in [-0.2, -0.15) is 0 Å². The quantitative estimate of drug-likeness (QED) is 0.784. The van der Waals surface area contributed by atoms with Gasteiger partial charge in [0, 0.05) is 11.6 Å². The van der Waals surface area contributed by atoms with E-state index >= 15 is 0 Å². The van der Waals surface area contributed by atoms with Crippen molar-refractivity contribution in [2.75, 3.05) is 20.8 Å². The summed E-state index contributed by atoms with van der Waals surface area (Å²) in [5, 5.41) is 0. The zero-order valence-electron chi connectivity index (χ0n) is 13.8. The highest BCUT2D eigenvalue weighted by Gasteiger charge is 2.28. The van der Waals surface area contributed by atoms with Crippen LogP contribution in [0.15, 0.2) is 42.2 Å². The summed E-state index contributed by atoms with van der Waals surface area (Å²) in [5.74, 6) is 2.54. The van der Waals surface area contributed by atoms with Crippen molar-refractivity contribution in [3.63, 3.8) is 0 Å². The Bertz CT molecular complexity index is 807. The molecule has 0 aliphatic carbocycles. The number of hydrogen-bond donors (Lipinski definition) is 0. The van der Waals surface area contributed by atoms with Crippen LogP contribution in [0.25, 0.3) is 6.08 Å². The third-order valence-electron chi connectivity index (χ3n) is 3.68. The summed E-state index contributed by atoms with van der Waals surface area (Å²) in [6, 6.07) is 10.6. The Morgan fingerprint density at radius 3 is 2.54 bits per heavy atom. The molecule has 0 atom stereocenters. The average molecular weight is 326 g/mol. The van der Waals surface area contributed by atoms with Gasteiger partial charge in [-0.25, -0.2) is 0 Å². The Kier molecular flexibility index (Phi) is 4.42. The number of Topliss-reactive ketones (excluding diaryl/α,β-unsaturated/α-hetero) is 1. The second kappa shape index (κ2) is 6.66. The lowest BCUT2D eigenvalue weighted by Gasteiger charge is -2.08. The van der Waals surface area contributed by atoms with Gasteiger partial charge in [-0.3, -0.25) is 4.79 Å². The number of benzene rings is 2. The first-order valence-corrected chi connectivity index (χ1v) is 7.59. The van der Waals surface area contributed by atoms with Crippen LogP contribution in [0, 0.1) is 0 Å². The maximum absolute atomic E-state index is 12.5. The van der Waals surface area contributed by atoms with Crippen LogP contribution >= 0.6 is 0 Å². The van der Waals surface area contributed by atoms with Crippen LogP contribution in [0.2, 0.25) is 0 Å². The van der Waals surface area contributed by atoms with Crippen LogP contribution in [-0.2, 0) is 0 Å². The molecule has 1 aliphatic heterocycles. The van der Waals surface area contributed by atoms with Crippen molar-refractivity contribution in [3.05, 3.63) is 53.3 Å². The van der Waals surface area contributed by atoms with E-state index in [0.717, 1.165) is 0 Å². The first kappa shape index (κ1) is 15.9. The van der Waals surface area contributed by atoms with Crippen molar-refractivity contribution < 1.29 is 23.7 Å². The lowest BCUT2D eigenvalue weighted by atomic mass is 10.1. The fourth-order valence-electron chi connectivity index (χ4n) is 2.52. The minimum absolute atomic E-state index is 0.169. The normalized spacial score (nSPS) is 14.3. The molecule has 3 rings (SSSR count). The van der Waals surface area contributed by atoms with Gasteiger partial charge < -0.3 is 18.9 Å². The molecule has 0 spiro atoms. The van der Waals surface area contributed by atoms with E-state index in [1.54, 1.807) is 56.7 Å². The number of rotatable bonds is 5. The fourth-order valence-corrected chi connectivity index (χ4v) is 2.52. The van der Waals surface area contributed by atoms with E-state index in [-0.39, 0.29) is 11.5 Å². The molecule has 0 fully saturated rings. The monoisotopic (exact) mass is 326 g/mol. The smallest absolute Gasteiger partial charge is 0.231 e. The largest absolute Gasteiger partial charge is 0.497 e. The SMILES string of the molecule is CCOc1ccc2c(c1)O/C(=C\c1cc(OC)ccc1OC)C2=O. The average Bonchev–Trinajstić information content (AvgIpc) is 2.90. The molecule has 0 N–H and O–H groups in total. The van der Waals surface area contributed by atoms with E-state index in [1.165, 1.54) is 0 Å². The molecular formula is C19H18O5. The molecule has 2 aromatic carbocycles. The Labute approximate surface area is 140 Å². The number of carbonyl (C=O) groups excluding carboxylic acids is 1. The zero-order chi connectivity index (χ0) is 17.1. The van der Waals surface area contributed by atoms with E-state index in [2.05, 4.69) is 0 Å². The standard InChI is InChI=1S/C19H18O5/c1-4-23-14-5-7-15-17(11-14)24-18(19(15)20)10-12-9-13(21-2)6-8-16(12)22-3/h5-11H,4H2,1-3H3/b18-10-. The molecule has 0 aromatic heterocycles. The molecule has 0 bridgehead atoms. The van der Waals surface area contributed by atoms with Crippen molar-refractivity contribution in [1.29, 1.82) is 0 Å². The second-order valence-electron chi connectivity index (χ2n) is 5.14. The van der Waals surface area contributed by atoms with Gasteiger partial charge in [-0.15, -0.1) is 0 Å². The van der Waals surface area contributed by atoms with Crippen LogP contribution in [0.1, 0.15) is 22.8 Å². The Morgan fingerprint density at radius 1 is 1.04 bits per heavy atom. The molecule has 1 heterocycles. The van der Waals surface area contributed by atoms with Crippen LogP contribution in [0.4, 0.5) is 0 Å². The maximum Gasteiger partial charge on any atom is 0.231 e. The molecule has 0 unspecified atom stereocenters. The van der Waals surface area contributed by atoms with E-state index < -0.39 is 0 Å². The molecule has 1 aliphatic rings. The van der Waals surface area contributed by atoms with Crippen LogP contribution in [0.3, 0.4) is 0 Å². The highest BCUT2D eigenvalue weighted by atomic mass is 16.5. The molecule has 124 valence electrons. The third-order valence-corrected chi connectivity index (χ3v) is 3.68. The molecular weight excluding hydrogens is 308 g/mol. The van der Waals surface area contributed by atoms with Crippen LogP contribution < -0.4 is 18.9 Å². The maximum atomic E-state index is 12.5. The van der Waals surface area contributed by atoms with Gasteiger partial charge in [0.1, 0.15) is 23.0 Å².